The van der Waals surface area contributed by atoms with Gasteiger partial charge in [0.25, 0.3) is 0 Å². The number of phenols is 1. The van der Waals surface area contributed by atoms with Crippen LogP contribution in [0.3, 0.4) is 0 Å². The van der Waals surface area contributed by atoms with Crippen molar-refractivity contribution in [3.05, 3.63) is 30.1 Å². The van der Waals surface area contributed by atoms with Crippen molar-refractivity contribution < 1.29 is 14.9 Å². The average molecular weight is 400 g/mol. The number of rotatable bonds is 9. The number of benzene rings is 1. The lowest BCUT2D eigenvalue weighted by Crippen LogP contribution is -2.24. The maximum atomic E-state index is 10.3. The maximum Gasteiger partial charge on any atom is 0.227 e. The van der Waals surface area contributed by atoms with E-state index in [0.717, 1.165) is 6.42 Å². The molecule has 3 aromatic rings. The predicted molar refractivity (Wildman–Crippen MR) is 112 cm³/mol. The number of ether oxygens (including phenoxy) is 1. The van der Waals surface area contributed by atoms with Crippen LogP contribution in [0.1, 0.15) is 38.8 Å². The van der Waals surface area contributed by atoms with Crippen LogP contribution < -0.4 is 15.4 Å². The third-order valence-electron chi connectivity index (χ3n) is 4.77. The summed E-state index contributed by atoms with van der Waals surface area (Å²) in [6, 6.07) is 5.37. The quantitative estimate of drug-likeness (QED) is 0.433. The first-order valence-corrected chi connectivity index (χ1v) is 9.69. The van der Waals surface area contributed by atoms with E-state index in [0.29, 0.717) is 40.8 Å². The molecule has 0 radical (unpaired) electrons. The van der Waals surface area contributed by atoms with E-state index < -0.39 is 0 Å². The summed E-state index contributed by atoms with van der Waals surface area (Å²) in [4.78, 5) is 13.7. The molecule has 0 bridgehead atoms. The van der Waals surface area contributed by atoms with Crippen LogP contribution in [0, 0.1) is 0 Å². The zero-order valence-corrected chi connectivity index (χ0v) is 17.2. The molecular formula is C20H28N6O3. The summed E-state index contributed by atoms with van der Waals surface area (Å²) >= 11 is 0. The van der Waals surface area contributed by atoms with Crippen LogP contribution in [0.2, 0.25) is 0 Å². The van der Waals surface area contributed by atoms with Crippen molar-refractivity contribution >= 4 is 22.9 Å². The van der Waals surface area contributed by atoms with E-state index in [9.17, 15) is 10.2 Å². The average Bonchev–Trinajstić information content (AvgIpc) is 3.15. The minimum atomic E-state index is -0.141. The number of para-hydroxylation sites is 1. The Hall–Kier alpha value is -3.07. The normalized spacial score (nSPS) is 12.3. The maximum absolute atomic E-state index is 10.3. The predicted octanol–water partition coefficient (Wildman–Crippen LogP) is 2.92. The van der Waals surface area contributed by atoms with Gasteiger partial charge < -0.3 is 30.2 Å². The fraction of sp³-hybridized carbons (Fsp3) is 0.450. The molecule has 3 rings (SSSR count). The van der Waals surface area contributed by atoms with Crippen molar-refractivity contribution in [1.82, 2.24) is 19.5 Å². The summed E-state index contributed by atoms with van der Waals surface area (Å²) < 4.78 is 7.14. The molecule has 0 unspecified atom stereocenters. The van der Waals surface area contributed by atoms with Crippen molar-refractivity contribution in [2.24, 2.45) is 0 Å². The Morgan fingerprint density at radius 1 is 1.24 bits per heavy atom. The minimum Gasteiger partial charge on any atom is -0.504 e. The second kappa shape index (κ2) is 8.95. The lowest BCUT2D eigenvalue weighted by molar-refractivity contribution is 0.271. The number of imidazole rings is 1. The lowest BCUT2D eigenvalue weighted by atomic mass is 10.2. The highest BCUT2D eigenvalue weighted by Crippen LogP contribution is 2.30. The molecular weight excluding hydrogens is 372 g/mol. The fourth-order valence-corrected chi connectivity index (χ4v) is 3.00. The number of hydrogen-bond acceptors (Lipinski definition) is 8. The minimum absolute atomic E-state index is 0.0121. The van der Waals surface area contributed by atoms with Gasteiger partial charge >= 0.3 is 0 Å². The molecule has 0 aliphatic rings. The van der Waals surface area contributed by atoms with Crippen LogP contribution in [0.15, 0.2) is 24.5 Å². The summed E-state index contributed by atoms with van der Waals surface area (Å²) in [5, 5.41) is 26.3. The summed E-state index contributed by atoms with van der Waals surface area (Å²) in [5.41, 5.74) is 2.02. The Morgan fingerprint density at radius 3 is 2.69 bits per heavy atom. The molecule has 0 amide bonds. The van der Waals surface area contributed by atoms with E-state index >= 15 is 0 Å². The molecule has 2 aromatic heterocycles. The van der Waals surface area contributed by atoms with Crippen LogP contribution in [0.4, 0.5) is 11.8 Å². The molecule has 0 aliphatic heterocycles. The van der Waals surface area contributed by atoms with Gasteiger partial charge in [0.2, 0.25) is 5.95 Å². The van der Waals surface area contributed by atoms with Gasteiger partial charge in [-0.3, -0.25) is 0 Å². The van der Waals surface area contributed by atoms with E-state index in [1.54, 1.807) is 12.4 Å². The molecule has 4 N–H and O–H groups in total. The highest BCUT2D eigenvalue weighted by Gasteiger charge is 2.17. The Morgan fingerprint density at radius 2 is 2.03 bits per heavy atom. The number of aliphatic hydroxyl groups excluding tert-OH is 1. The second-order valence-electron chi connectivity index (χ2n) is 7.07. The number of methoxy groups -OCH3 is 1. The number of nitrogens with zero attached hydrogens (tertiary/aromatic N) is 4. The van der Waals surface area contributed by atoms with Gasteiger partial charge in [0, 0.05) is 18.2 Å². The van der Waals surface area contributed by atoms with E-state index in [4.69, 9.17) is 4.74 Å². The molecule has 1 atom stereocenters. The number of aromatic hydroxyl groups is 1. The van der Waals surface area contributed by atoms with Gasteiger partial charge in [0.05, 0.1) is 26.1 Å². The summed E-state index contributed by atoms with van der Waals surface area (Å²) in [7, 11) is 1.52. The van der Waals surface area contributed by atoms with Crippen LogP contribution in [-0.2, 0) is 6.54 Å². The third-order valence-corrected chi connectivity index (χ3v) is 4.77. The molecule has 0 saturated carbocycles. The van der Waals surface area contributed by atoms with Crippen LogP contribution in [0.5, 0.6) is 11.5 Å². The number of aromatic nitrogens is 4. The first kappa shape index (κ1) is 20.7. The summed E-state index contributed by atoms with van der Waals surface area (Å²) in [6.07, 6.45) is 2.48. The number of fused-ring (bicyclic) bond motifs is 1. The van der Waals surface area contributed by atoms with Gasteiger partial charge in [-0.15, -0.1) is 0 Å². The number of aliphatic hydroxyl groups is 1. The highest BCUT2D eigenvalue weighted by atomic mass is 16.5. The van der Waals surface area contributed by atoms with Gasteiger partial charge in [0.1, 0.15) is 0 Å². The van der Waals surface area contributed by atoms with Crippen molar-refractivity contribution in [3.63, 3.8) is 0 Å². The first-order chi connectivity index (χ1) is 14.0. The summed E-state index contributed by atoms with van der Waals surface area (Å²) in [5.74, 6) is 1.47. The molecule has 1 aromatic carbocycles. The van der Waals surface area contributed by atoms with E-state index in [-0.39, 0.29) is 24.4 Å². The van der Waals surface area contributed by atoms with E-state index in [2.05, 4.69) is 39.4 Å². The molecule has 0 saturated heterocycles. The molecule has 9 heteroatoms. The van der Waals surface area contributed by atoms with Gasteiger partial charge in [0.15, 0.2) is 28.5 Å². The SMILES string of the molecule is CC[C@@H](CO)Nc1nc(NCc2cccc(OC)c2O)c2ncn(C(C)C)c2n1. The van der Waals surface area contributed by atoms with Crippen molar-refractivity contribution in [3.8, 4) is 11.5 Å². The molecule has 2 heterocycles. The number of nitrogens with one attached hydrogen (secondary N) is 2. The largest absolute Gasteiger partial charge is 0.504 e. The number of phenolic OH excluding ortho intramolecular Hbond substituents is 1. The van der Waals surface area contributed by atoms with Gasteiger partial charge in [-0.25, -0.2) is 4.98 Å². The Balaban J connectivity index is 1.97. The molecule has 0 fully saturated rings. The van der Waals surface area contributed by atoms with E-state index in [1.165, 1.54) is 7.11 Å². The summed E-state index contributed by atoms with van der Waals surface area (Å²) in [6.45, 7) is 6.41. The van der Waals surface area contributed by atoms with Crippen LogP contribution in [0.25, 0.3) is 11.2 Å². The van der Waals surface area contributed by atoms with Crippen LogP contribution >= 0.6 is 0 Å². The van der Waals surface area contributed by atoms with Crippen molar-refractivity contribution in [2.45, 2.75) is 45.8 Å². The molecule has 9 nitrogen and oxygen atoms in total. The topological polar surface area (TPSA) is 117 Å². The number of anilines is 2. The number of hydrogen-bond donors (Lipinski definition) is 4. The first-order valence-electron chi connectivity index (χ1n) is 9.69. The Kier molecular flexibility index (Phi) is 6.38. The Labute approximate surface area is 169 Å². The van der Waals surface area contributed by atoms with Crippen molar-refractivity contribution in [1.29, 1.82) is 0 Å². The molecule has 0 spiro atoms. The zero-order valence-electron chi connectivity index (χ0n) is 17.2. The lowest BCUT2D eigenvalue weighted by Gasteiger charge is -2.16. The highest BCUT2D eigenvalue weighted by molar-refractivity contribution is 5.84. The fourth-order valence-electron chi connectivity index (χ4n) is 3.00. The molecule has 0 aliphatic carbocycles. The Bertz CT molecular complexity index is 968. The zero-order chi connectivity index (χ0) is 21.0. The molecule has 156 valence electrons. The van der Waals surface area contributed by atoms with E-state index in [1.807, 2.05) is 23.6 Å². The van der Waals surface area contributed by atoms with Gasteiger partial charge in [-0.2, -0.15) is 9.97 Å². The smallest absolute Gasteiger partial charge is 0.227 e. The standard InChI is InChI=1S/C20H28N6O3/c1-5-14(10-27)23-20-24-18(16-19(25-20)26(11-22-16)12(2)3)21-9-13-7-6-8-15(29-4)17(13)28/h6-8,11-12,14,27-28H,5,9-10H2,1-4H3,(H2,21,23,24,25)/t14-/m0/s1. The molecule has 29 heavy (non-hydrogen) atoms. The van der Waals surface area contributed by atoms with Crippen molar-refractivity contribution in [2.75, 3.05) is 24.4 Å². The third kappa shape index (κ3) is 4.34. The second-order valence-corrected chi connectivity index (χ2v) is 7.07. The monoisotopic (exact) mass is 400 g/mol. The van der Waals surface area contributed by atoms with Gasteiger partial charge in [-0.05, 0) is 26.3 Å². The van der Waals surface area contributed by atoms with Gasteiger partial charge in [-0.1, -0.05) is 19.1 Å². The van der Waals surface area contributed by atoms with Crippen LogP contribution in [-0.4, -0.2) is 49.5 Å².